The Hall–Kier alpha value is -0.830. The maximum atomic E-state index is 4.24. The number of imidazole rings is 1. The Labute approximate surface area is 92.9 Å². The molecule has 1 heterocycles. The van der Waals surface area contributed by atoms with Gasteiger partial charge in [-0.2, -0.15) is 0 Å². The van der Waals surface area contributed by atoms with Crippen LogP contribution in [0.4, 0.5) is 0 Å². The zero-order valence-electron chi connectivity index (χ0n) is 10.3. The molecule has 1 aromatic heterocycles. The molecule has 1 N–H and O–H groups in total. The van der Waals surface area contributed by atoms with Gasteiger partial charge in [-0.05, 0) is 19.4 Å². The standard InChI is InChI=1S/C12H23N3/c1-5-10(3)11(4)15-9-14-8-12(15)7-13-6-2/h8-11,13H,5-7H2,1-4H3. The smallest absolute Gasteiger partial charge is 0.0951 e. The van der Waals surface area contributed by atoms with Crippen LogP contribution < -0.4 is 5.32 Å². The van der Waals surface area contributed by atoms with Crippen LogP contribution in [0.25, 0.3) is 0 Å². The summed E-state index contributed by atoms with van der Waals surface area (Å²) in [6.45, 7) is 10.8. The molecule has 2 unspecified atom stereocenters. The minimum absolute atomic E-state index is 0.533. The van der Waals surface area contributed by atoms with E-state index in [0.29, 0.717) is 12.0 Å². The molecule has 0 spiro atoms. The Balaban J connectivity index is 2.70. The first kappa shape index (κ1) is 12.2. The third kappa shape index (κ3) is 3.06. The van der Waals surface area contributed by atoms with E-state index in [-0.39, 0.29) is 0 Å². The van der Waals surface area contributed by atoms with E-state index < -0.39 is 0 Å². The van der Waals surface area contributed by atoms with E-state index in [4.69, 9.17) is 0 Å². The lowest BCUT2D eigenvalue weighted by molar-refractivity contribution is 0.360. The number of hydrogen-bond acceptors (Lipinski definition) is 2. The topological polar surface area (TPSA) is 29.9 Å². The lowest BCUT2D eigenvalue weighted by Gasteiger charge is -2.22. The maximum absolute atomic E-state index is 4.24. The van der Waals surface area contributed by atoms with Crippen molar-refractivity contribution in [1.29, 1.82) is 0 Å². The average Bonchev–Trinajstić information content (AvgIpc) is 2.72. The van der Waals surface area contributed by atoms with Gasteiger partial charge >= 0.3 is 0 Å². The van der Waals surface area contributed by atoms with Crippen molar-refractivity contribution in [2.24, 2.45) is 5.92 Å². The van der Waals surface area contributed by atoms with Gasteiger partial charge in [-0.25, -0.2) is 4.98 Å². The van der Waals surface area contributed by atoms with Gasteiger partial charge in [0.2, 0.25) is 0 Å². The van der Waals surface area contributed by atoms with Crippen LogP contribution in [-0.2, 0) is 6.54 Å². The van der Waals surface area contributed by atoms with Crippen molar-refractivity contribution in [1.82, 2.24) is 14.9 Å². The molecular formula is C12H23N3. The largest absolute Gasteiger partial charge is 0.330 e. The number of hydrogen-bond donors (Lipinski definition) is 1. The molecular weight excluding hydrogens is 186 g/mol. The highest BCUT2D eigenvalue weighted by atomic mass is 15.1. The normalized spacial score (nSPS) is 15.2. The third-order valence-corrected chi connectivity index (χ3v) is 3.21. The number of nitrogens with zero attached hydrogens (tertiary/aromatic N) is 2. The van der Waals surface area contributed by atoms with E-state index in [2.05, 4.69) is 42.6 Å². The van der Waals surface area contributed by atoms with Gasteiger partial charge < -0.3 is 9.88 Å². The third-order valence-electron chi connectivity index (χ3n) is 3.21. The minimum Gasteiger partial charge on any atom is -0.330 e. The molecule has 1 aromatic rings. The second-order valence-electron chi connectivity index (χ2n) is 4.20. The number of rotatable bonds is 6. The number of nitrogens with one attached hydrogen (secondary N) is 1. The molecule has 0 radical (unpaired) electrons. The average molecular weight is 209 g/mol. The first-order valence-electron chi connectivity index (χ1n) is 5.92. The second-order valence-corrected chi connectivity index (χ2v) is 4.20. The van der Waals surface area contributed by atoms with Crippen LogP contribution in [0.5, 0.6) is 0 Å². The predicted octanol–water partition coefficient (Wildman–Crippen LogP) is 2.60. The van der Waals surface area contributed by atoms with Crippen molar-refractivity contribution in [3.8, 4) is 0 Å². The van der Waals surface area contributed by atoms with Gasteiger partial charge in [-0.15, -0.1) is 0 Å². The van der Waals surface area contributed by atoms with E-state index in [1.54, 1.807) is 0 Å². The van der Waals surface area contributed by atoms with Gasteiger partial charge in [0.25, 0.3) is 0 Å². The molecule has 0 amide bonds. The zero-order chi connectivity index (χ0) is 11.3. The van der Waals surface area contributed by atoms with Gasteiger partial charge in [-0.1, -0.05) is 27.2 Å². The van der Waals surface area contributed by atoms with Crippen LogP contribution in [0.2, 0.25) is 0 Å². The fraction of sp³-hybridized carbons (Fsp3) is 0.750. The zero-order valence-corrected chi connectivity index (χ0v) is 10.3. The van der Waals surface area contributed by atoms with Crippen LogP contribution in [0.3, 0.4) is 0 Å². The summed E-state index contributed by atoms with van der Waals surface area (Å²) in [5, 5.41) is 3.34. The van der Waals surface area contributed by atoms with Crippen molar-refractivity contribution in [3.63, 3.8) is 0 Å². The number of aromatic nitrogens is 2. The summed E-state index contributed by atoms with van der Waals surface area (Å²) in [7, 11) is 0. The first-order chi connectivity index (χ1) is 7.20. The van der Waals surface area contributed by atoms with Crippen molar-refractivity contribution < 1.29 is 0 Å². The Morgan fingerprint density at radius 3 is 2.73 bits per heavy atom. The summed E-state index contributed by atoms with van der Waals surface area (Å²) in [4.78, 5) is 4.24. The summed E-state index contributed by atoms with van der Waals surface area (Å²) in [6, 6.07) is 0.533. The molecule has 2 atom stereocenters. The molecule has 1 rings (SSSR count). The highest BCUT2D eigenvalue weighted by Crippen LogP contribution is 2.21. The van der Waals surface area contributed by atoms with Crippen LogP contribution in [0.1, 0.15) is 45.9 Å². The summed E-state index contributed by atoms with van der Waals surface area (Å²) < 4.78 is 2.29. The fourth-order valence-electron chi connectivity index (χ4n) is 1.70. The lowest BCUT2D eigenvalue weighted by Crippen LogP contribution is -2.19. The first-order valence-corrected chi connectivity index (χ1v) is 5.92. The molecule has 0 saturated heterocycles. The fourth-order valence-corrected chi connectivity index (χ4v) is 1.70. The molecule has 0 aliphatic heterocycles. The van der Waals surface area contributed by atoms with Gasteiger partial charge in [-0.3, -0.25) is 0 Å². The summed E-state index contributed by atoms with van der Waals surface area (Å²) >= 11 is 0. The van der Waals surface area contributed by atoms with Gasteiger partial charge in [0.1, 0.15) is 0 Å². The summed E-state index contributed by atoms with van der Waals surface area (Å²) in [5.41, 5.74) is 1.28. The molecule has 0 fully saturated rings. The van der Waals surface area contributed by atoms with Crippen LogP contribution in [0.15, 0.2) is 12.5 Å². The van der Waals surface area contributed by atoms with Crippen LogP contribution >= 0.6 is 0 Å². The molecule has 0 aromatic carbocycles. The van der Waals surface area contributed by atoms with Gasteiger partial charge in [0.05, 0.1) is 12.0 Å². The quantitative estimate of drug-likeness (QED) is 0.780. The second kappa shape index (κ2) is 5.91. The molecule has 0 aliphatic carbocycles. The molecule has 3 nitrogen and oxygen atoms in total. The molecule has 0 aliphatic rings. The highest BCUT2D eigenvalue weighted by molar-refractivity contribution is 5.00. The summed E-state index contributed by atoms with van der Waals surface area (Å²) in [5.74, 6) is 0.694. The van der Waals surface area contributed by atoms with E-state index >= 15 is 0 Å². The Morgan fingerprint density at radius 2 is 2.13 bits per heavy atom. The lowest BCUT2D eigenvalue weighted by atomic mass is 10.0. The van der Waals surface area contributed by atoms with E-state index in [9.17, 15) is 0 Å². The highest BCUT2D eigenvalue weighted by Gasteiger charge is 2.14. The Bertz CT molecular complexity index is 280. The molecule has 15 heavy (non-hydrogen) atoms. The van der Waals surface area contributed by atoms with Gasteiger partial charge in [0, 0.05) is 18.8 Å². The van der Waals surface area contributed by atoms with Crippen LogP contribution in [0, 0.1) is 5.92 Å². The van der Waals surface area contributed by atoms with Crippen LogP contribution in [-0.4, -0.2) is 16.1 Å². The monoisotopic (exact) mass is 209 g/mol. The van der Waals surface area contributed by atoms with Crippen molar-refractivity contribution >= 4 is 0 Å². The van der Waals surface area contributed by atoms with Crippen molar-refractivity contribution in [3.05, 3.63) is 18.2 Å². The molecule has 3 heteroatoms. The summed E-state index contributed by atoms with van der Waals surface area (Å²) in [6.07, 6.45) is 5.12. The molecule has 86 valence electrons. The van der Waals surface area contributed by atoms with Crippen molar-refractivity contribution in [2.45, 2.75) is 46.7 Å². The Kier molecular flexibility index (Phi) is 4.82. The maximum Gasteiger partial charge on any atom is 0.0951 e. The van der Waals surface area contributed by atoms with E-state index in [1.165, 1.54) is 12.1 Å². The minimum atomic E-state index is 0.533. The van der Waals surface area contributed by atoms with Gasteiger partial charge in [0.15, 0.2) is 0 Å². The Morgan fingerprint density at radius 1 is 1.40 bits per heavy atom. The molecule has 0 bridgehead atoms. The van der Waals surface area contributed by atoms with E-state index in [1.807, 2.05) is 12.5 Å². The van der Waals surface area contributed by atoms with E-state index in [0.717, 1.165) is 13.1 Å². The molecule has 0 saturated carbocycles. The predicted molar refractivity (Wildman–Crippen MR) is 63.8 cm³/mol. The SMILES string of the molecule is CCNCc1cncn1C(C)C(C)CC. The van der Waals surface area contributed by atoms with Crippen molar-refractivity contribution in [2.75, 3.05) is 6.54 Å².